The molecule has 4 aromatic rings. The van der Waals surface area contributed by atoms with E-state index in [1.165, 1.54) is 41.9 Å². The van der Waals surface area contributed by atoms with Gasteiger partial charge in [0.2, 0.25) is 5.91 Å². The van der Waals surface area contributed by atoms with E-state index in [0.29, 0.717) is 41.0 Å². The average molecular weight is 572 g/mol. The van der Waals surface area contributed by atoms with Crippen LogP contribution in [0.5, 0.6) is 0 Å². The van der Waals surface area contributed by atoms with Gasteiger partial charge in [0.1, 0.15) is 17.3 Å². The number of nitrogens with one attached hydrogen (secondary N) is 3. The number of amides is 2. The SMILES string of the molecule is CNC(=O)c1cccc(-c2ccc(NC(=O)[C@H](C)NC)c(=O)n2Cc2cc(F)cc(N3CCc4cc(F)ccc43)c2)c1. The van der Waals surface area contributed by atoms with Gasteiger partial charge < -0.3 is 25.4 Å². The number of hydrogen-bond acceptors (Lipinski definition) is 5. The van der Waals surface area contributed by atoms with Gasteiger partial charge in [0.15, 0.2) is 0 Å². The molecule has 1 atom stereocenters. The van der Waals surface area contributed by atoms with Crippen LogP contribution in [0.2, 0.25) is 0 Å². The van der Waals surface area contributed by atoms with Crippen molar-refractivity contribution in [2.45, 2.75) is 25.9 Å². The largest absolute Gasteiger partial charge is 0.355 e. The van der Waals surface area contributed by atoms with Gasteiger partial charge >= 0.3 is 0 Å². The summed E-state index contributed by atoms with van der Waals surface area (Å²) in [6, 6.07) is 18.6. The van der Waals surface area contributed by atoms with Gasteiger partial charge in [-0.25, -0.2) is 8.78 Å². The van der Waals surface area contributed by atoms with Crippen molar-refractivity contribution in [2.75, 3.05) is 30.9 Å². The highest BCUT2D eigenvalue weighted by molar-refractivity contribution is 5.95. The summed E-state index contributed by atoms with van der Waals surface area (Å²) in [6.45, 7) is 2.22. The van der Waals surface area contributed by atoms with E-state index < -0.39 is 17.4 Å². The molecule has 5 rings (SSSR count). The normalized spacial score (nSPS) is 13.0. The maximum absolute atomic E-state index is 15.0. The minimum absolute atomic E-state index is 0.0153. The summed E-state index contributed by atoms with van der Waals surface area (Å²) in [6.07, 6.45) is 0.622. The van der Waals surface area contributed by atoms with Gasteiger partial charge in [0.25, 0.3) is 11.5 Å². The van der Waals surface area contributed by atoms with Crippen molar-refractivity contribution < 1.29 is 18.4 Å². The van der Waals surface area contributed by atoms with E-state index in [4.69, 9.17) is 0 Å². The van der Waals surface area contributed by atoms with Crippen LogP contribution in [0.3, 0.4) is 0 Å². The van der Waals surface area contributed by atoms with E-state index in [1.54, 1.807) is 56.4 Å². The molecule has 1 aromatic heterocycles. The van der Waals surface area contributed by atoms with Crippen molar-refractivity contribution >= 4 is 28.9 Å². The smallest absolute Gasteiger partial charge is 0.275 e. The van der Waals surface area contributed by atoms with Gasteiger partial charge in [-0.3, -0.25) is 14.4 Å². The summed E-state index contributed by atoms with van der Waals surface area (Å²) in [5, 5.41) is 8.11. The molecule has 2 amide bonds. The Hall–Kier alpha value is -4.83. The lowest BCUT2D eigenvalue weighted by molar-refractivity contribution is -0.117. The van der Waals surface area contributed by atoms with Crippen LogP contribution in [0.25, 0.3) is 11.3 Å². The van der Waals surface area contributed by atoms with Crippen molar-refractivity contribution in [2.24, 2.45) is 0 Å². The molecule has 0 fully saturated rings. The van der Waals surface area contributed by atoms with Gasteiger partial charge in [0.05, 0.1) is 18.3 Å². The number of pyridine rings is 1. The van der Waals surface area contributed by atoms with Crippen LogP contribution in [0.4, 0.5) is 25.8 Å². The maximum atomic E-state index is 15.0. The van der Waals surface area contributed by atoms with Crippen LogP contribution in [0.15, 0.2) is 77.6 Å². The molecule has 0 saturated heterocycles. The predicted molar refractivity (Wildman–Crippen MR) is 159 cm³/mol. The fourth-order valence-electron chi connectivity index (χ4n) is 5.12. The second kappa shape index (κ2) is 12.0. The Morgan fingerprint density at radius 1 is 0.952 bits per heavy atom. The van der Waals surface area contributed by atoms with E-state index in [2.05, 4.69) is 16.0 Å². The number of benzene rings is 3. The second-order valence-electron chi connectivity index (χ2n) is 10.2. The van der Waals surface area contributed by atoms with Crippen LogP contribution >= 0.6 is 0 Å². The molecule has 10 heteroatoms. The van der Waals surface area contributed by atoms with Gasteiger partial charge in [0, 0.05) is 30.5 Å². The Labute approximate surface area is 242 Å². The Kier molecular flexibility index (Phi) is 8.17. The Balaban J connectivity index is 1.58. The summed E-state index contributed by atoms with van der Waals surface area (Å²) in [4.78, 5) is 40.6. The van der Waals surface area contributed by atoms with E-state index >= 15 is 4.39 Å². The minimum Gasteiger partial charge on any atom is -0.355 e. The van der Waals surface area contributed by atoms with Crippen LogP contribution in [0, 0.1) is 11.6 Å². The number of hydrogen-bond donors (Lipinski definition) is 3. The zero-order valence-corrected chi connectivity index (χ0v) is 23.5. The molecule has 1 aliphatic heterocycles. The summed E-state index contributed by atoms with van der Waals surface area (Å²) in [5.74, 6) is -1.47. The summed E-state index contributed by atoms with van der Waals surface area (Å²) >= 11 is 0. The molecule has 3 N–H and O–H groups in total. The van der Waals surface area contributed by atoms with Crippen LogP contribution < -0.4 is 26.4 Å². The topological polar surface area (TPSA) is 95.5 Å². The Morgan fingerprint density at radius 3 is 2.52 bits per heavy atom. The third kappa shape index (κ3) is 5.80. The highest BCUT2D eigenvalue weighted by Gasteiger charge is 2.23. The number of halogens is 2. The molecule has 3 aromatic carbocycles. The van der Waals surface area contributed by atoms with Crippen LogP contribution in [-0.2, 0) is 17.8 Å². The highest BCUT2D eigenvalue weighted by atomic mass is 19.1. The molecule has 2 heterocycles. The highest BCUT2D eigenvalue weighted by Crippen LogP contribution is 2.36. The molecule has 0 unspecified atom stereocenters. The molecule has 0 aliphatic carbocycles. The molecular weight excluding hydrogens is 540 g/mol. The molecule has 0 saturated carbocycles. The van der Waals surface area contributed by atoms with Crippen LogP contribution in [-0.4, -0.2) is 43.1 Å². The summed E-state index contributed by atoms with van der Waals surface area (Å²) < 4.78 is 30.3. The average Bonchev–Trinajstić information content (AvgIpc) is 3.41. The summed E-state index contributed by atoms with van der Waals surface area (Å²) in [5.41, 5.74) is 3.82. The zero-order valence-electron chi connectivity index (χ0n) is 23.5. The molecule has 42 heavy (non-hydrogen) atoms. The van der Waals surface area contributed by atoms with Gasteiger partial charge in [-0.15, -0.1) is 0 Å². The van der Waals surface area contributed by atoms with E-state index in [0.717, 1.165) is 11.3 Å². The van der Waals surface area contributed by atoms with Gasteiger partial charge in [-0.2, -0.15) is 0 Å². The van der Waals surface area contributed by atoms with Crippen molar-refractivity contribution in [1.82, 2.24) is 15.2 Å². The van der Waals surface area contributed by atoms with Crippen molar-refractivity contribution in [3.05, 3.63) is 111 Å². The molecule has 0 bridgehead atoms. The van der Waals surface area contributed by atoms with Crippen molar-refractivity contribution in [3.63, 3.8) is 0 Å². The molecule has 1 aliphatic rings. The number of carbonyl (C=O) groups excluding carboxylic acids is 2. The first-order valence-corrected chi connectivity index (χ1v) is 13.6. The molecule has 8 nitrogen and oxygen atoms in total. The fourth-order valence-corrected chi connectivity index (χ4v) is 5.12. The number of carbonyl (C=O) groups is 2. The second-order valence-corrected chi connectivity index (χ2v) is 10.2. The molecular formula is C32H31F2N5O3. The monoisotopic (exact) mass is 571 g/mol. The number of nitrogens with zero attached hydrogens (tertiary/aromatic N) is 2. The Bertz CT molecular complexity index is 1740. The summed E-state index contributed by atoms with van der Waals surface area (Å²) in [7, 11) is 3.17. The molecule has 0 spiro atoms. The van der Waals surface area contributed by atoms with Crippen molar-refractivity contribution in [3.8, 4) is 11.3 Å². The van der Waals surface area contributed by atoms with E-state index in [9.17, 15) is 18.8 Å². The van der Waals surface area contributed by atoms with E-state index in [1.807, 2.05) is 4.90 Å². The number of anilines is 3. The first-order chi connectivity index (χ1) is 20.2. The number of rotatable bonds is 8. The number of likely N-dealkylation sites (N-methyl/N-ethyl adjacent to an activating group) is 1. The Morgan fingerprint density at radius 2 is 1.76 bits per heavy atom. The van der Waals surface area contributed by atoms with Crippen LogP contribution in [0.1, 0.15) is 28.4 Å². The zero-order chi connectivity index (χ0) is 30.0. The molecule has 216 valence electrons. The van der Waals surface area contributed by atoms with E-state index in [-0.39, 0.29) is 29.9 Å². The first kappa shape index (κ1) is 28.7. The minimum atomic E-state index is -0.538. The third-order valence-corrected chi connectivity index (χ3v) is 7.44. The van der Waals surface area contributed by atoms with Crippen molar-refractivity contribution in [1.29, 1.82) is 0 Å². The number of aromatic nitrogens is 1. The lowest BCUT2D eigenvalue weighted by atomic mass is 10.1. The predicted octanol–water partition coefficient (Wildman–Crippen LogP) is 4.44. The number of fused-ring (bicyclic) bond motifs is 1. The molecule has 0 radical (unpaired) electrons. The lowest BCUT2D eigenvalue weighted by Crippen LogP contribution is -2.37. The standard InChI is InChI=1S/C32H31F2N5O3/c1-19(35-2)30(40)37-27-8-10-29(21-5-4-6-23(15-21)31(41)36-3)39(32(27)42)18-20-13-25(34)17-26(14-20)38-12-11-22-16-24(33)7-9-28(22)38/h4-10,13-17,19,35H,11-12,18H2,1-3H3,(H,36,41)(H,37,40)/t19-/m0/s1. The van der Waals surface area contributed by atoms with Gasteiger partial charge in [-0.1, -0.05) is 12.1 Å². The maximum Gasteiger partial charge on any atom is 0.275 e. The first-order valence-electron chi connectivity index (χ1n) is 13.6. The fraction of sp³-hybridized carbons (Fsp3) is 0.219. The lowest BCUT2D eigenvalue weighted by Gasteiger charge is -2.22. The quantitative estimate of drug-likeness (QED) is 0.291. The van der Waals surface area contributed by atoms with Gasteiger partial charge in [-0.05, 0) is 97.7 Å². The third-order valence-electron chi connectivity index (χ3n) is 7.44.